The molecule has 1 atom stereocenters. The lowest BCUT2D eigenvalue weighted by molar-refractivity contribution is 0.0945. The number of nitrogens with zero attached hydrogens (tertiary/aromatic N) is 5. The minimum atomic E-state index is -0.446. The van der Waals surface area contributed by atoms with Crippen LogP contribution in [0.3, 0.4) is 0 Å². The normalized spacial score (nSPS) is 15.2. The maximum atomic E-state index is 15.2. The van der Waals surface area contributed by atoms with Crippen molar-refractivity contribution >= 4 is 28.8 Å². The fourth-order valence-electron chi connectivity index (χ4n) is 4.56. The number of anilines is 1. The number of aromatic nitrogens is 4. The van der Waals surface area contributed by atoms with Crippen molar-refractivity contribution in [2.45, 2.75) is 38.8 Å². The van der Waals surface area contributed by atoms with Gasteiger partial charge in [-0.05, 0) is 29.7 Å². The molecule has 1 aliphatic rings. The van der Waals surface area contributed by atoms with Crippen molar-refractivity contribution in [3.63, 3.8) is 0 Å². The molecule has 39 heavy (non-hydrogen) atoms. The van der Waals surface area contributed by atoms with E-state index in [2.05, 4.69) is 35.7 Å². The topological polar surface area (TPSA) is 132 Å². The van der Waals surface area contributed by atoms with Crippen LogP contribution in [0.15, 0.2) is 41.1 Å². The van der Waals surface area contributed by atoms with Crippen LogP contribution in [0.4, 0.5) is 15.0 Å². The Morgan fingerprint density at radius 1 is 1.28 bits per heavy atom. The Balaban J connectivity index is 1.33. The van der Waals surface area contributed by atoms with E-state index in [1.165, 1.54) is 17.2 Å². The van der Waals surface area contributed by atoms with Gasteiger partial charge in [0.2, 0.25) is 0 Å². The summed E-state index contributed by atoms with van der Waals surface area (Å²) in [6, 6.07) is 6.60. The number of H-pyrrole nitrogens is 1. The van der Waals surface area contributed by atoms with E-state index in [-0.39, 0.29) is 30.2 Å². The number of benzene rings is 1. The smallest absolute Gasteiger partial charge is 0.317 e. The number of halogens is 1. The summed E-state index contributed by atoms with van der Waals surface area (Å²) >= 11 is 0. The Morgan fingerprint density at radius 3 is 2.82 bits per heavy atom. The first-order chi connectivity index (χ1) is 18.7. The monoisotopic (exact) mass is 534 g/mol. The lowest BCUT2D eigenvalue weighted by atomic mass is 10.0. The number of nitrogens with one attached hydrogen (secondary N) is 3. The van der Waals surface area contributed by atoms with E-state index in [1.807, 2.05) is 26.0 Å². The molecule has 3 aromatic heterocycles. The van der Waals surface area contributed by atoms with Crippen molar-refractivity contribution in [2.24, 2.45) is 0 Å². The SMILES string of the molecule is CC(C)c1nc(C(=O)NCc2ccc(-c3ccnc4[nH]nc(N5CC[C@@H](NC(=O)N(C)C)C5)c34)cc2F)co1. The van der Waals surface area contributed by atoms with E-state index >= 15 is 4.39 Å². The maximum absolute atomic E-state index is 15.2. The molecule has 0 bridgehead atoms. The molecular weight excluding hydrogens is 503 g/mol. The molecule has 1 saturated heterocycles. The minimum absolute atomic E-state index is 0.00533. The summed E-state index contributed by atoms with van der Waals surface area (Å²) in [4.78, 5) is 36.7. The van der Waals surface area contributed by atoms with Gasteiger partial charge in [0.05, 0.1) is 5.39 Å². The standard InChI is InChI=1S/C27H31FN8O3/c1-15(2)26-32-21(14-39-26)25(37)30-12-17-6-5-16(11-20(17)28)19-7-9-29-23-22(19)24(34-33-23)36-10-8-18(13-36)31-27(38)35(3)4/h5-7,9,11,14-15,18H,8,10,12-13H2,1-4H3,(H,30,37)(H,31,38)(H,29,33,34)/t18-/m1/s1. The number of amides is 3. The van der Waals surface area contributed by atoms with Crippen LogP contribution >= 0.6 is 0 Å². The molecule has 11 nitrogen and oxygen atoms in total. The number of hydrogen-bond acceptors (Lipinski definition) is 7. The molecule has 0 saturated carbocycles. The Morgan fingerprint density at radius 2 is 2.10 bits per heavy atom. The van der Waals surface area contributed by atoms with Gasteiger partial charge in [0.1, 0.15) is 12.1 Å². The minimum Gasteiger partial charge on any atom is -0.448 e. The highest BCUT2D eigenvalue weighted by Crippen LogP contribution is 2.35. The molecule has 1 aromatic carbocycles. The van der Waals surface area contributed by atoms with Crippen molar-refractivity contribution in [1.29, 1.82) is 0 Å². The fraction of sp³-hybridized carbons (Fsp3) is 0.370. The van der Waals surface area contributed by atoms with Crippen LogP contribution < -0.4 is 15.5 Å². The van der Waals surface area contributed by atoms with Crippen molar-refractivity contribution in [1.82, 2.24) is 35.7 Å². The van der Waals surface area contributed by atoms with E-state index in [0.717, 1.165) is 17.4 Å². The third-order valence-electron chi connectivity index (χ3n) is 6.72. The summed E-state index contributed by atoms with van der Waals surface area (Å²) in [5.41, 5.74) is 2.54. The molecule has 1 aliphatic heterocycles. The molecule has 4 aromatic rings. The highest BCUT2D eigenvalue weighted by Gasteiger charge is 2.28. The van der Waals surface area contributed by atoms with Gasteiger partial charge in [0.15, 0.2) is 23.0 Å². The lowest BCUT2D eigenvalue weighted by Crippen LogP contribution is -2.42. The largest absolute Gasteiger partial charge is 0.448 e. The number of oxazole rings is 1. The first-order valence-electron chi connectivity index (χ1n) is 12.8. The third-order valence-corrected chi connectivity index (χ3v) is 6.72. The molecule has 0 spiro atoms. The maximum Gasteiger partial charge on any atom is 0.317 e. The second-order valence-electron chi connectivity index (χ2n) is 10.1. The summed E-state index contributed by atoms with van der Waals surface area (Å²) in [5.74, 6) is 0.362. The molecule has 3 N–H and O–H groups in total. The second-order valence-corrected chi connectivity index (χ2v) is 10.1. The zero-order valence-corrected chi connectivity index (χ0v) is 22.3. The van der Waals surface area contributed by atoms with Gasteiger partial charge in [-0.2, -0.15) is 5.10 Å². The zero-order valence-electron chi connectivity index (χ0n) is 22.3. The predicted octanol–water partition coefficient (Wildman–Crippen LogP) is 3.66. The van der Waals surface area contributed by atoms with Crippen molar-refractivity contribution < 1.29 is 18.4 Å². The lowest BCUT2D eigenvalue weighted by Gasteiger charge is -2.19. The van der Waals surface area contributed by atoms with Gasteiger partial charge in [-0.3, -0.25) is 9.89 Å². The van der Waals surface area contributed by atoms with Gasteiger partial charge >= 0.3 is 6.03 Å². The van der Waals surface area contributed by atoms with Crippen molar-refractivity contribution in [3.05, 3.63) is 59.7 Å². The van der Waals surface area contributed by atoms with Gasteiger partial charge in [-0.25, -0.2) is 19.2 Å². The van der Waals surface area contributed by atoms with Crippen molar-refractivity contribution in [3.8, 4) is 11.1 Å². The molecule has 12 heteroatoms. The number of urea groups is 1. The Labute approximate surface area is 224 Å². The molecule has 0 aliphatic carbocycles. The van der Waals surface area contributed by atoms with Gasteiger partial charge in [0, 0.05) is 57.4 Å². The Hall–Kier alpha value is -4.48. The summed E-state index contributed by atoms with van der Waals surface area (Å²) in [6.45, 7) is 5.16. The van der Waals surface area contributed by atoms with Gasteiger partial charge in [-0.1, -0.05) is 26.0 Å². The number of carbonyl (C=O) groups excluding carboxylic acids is 2. The highest BCUT2D eigenvalue weighted by molar-refractivity contribution is 6.00. The number of hydrogen-bond donors (Lipinski definition) is 3. The predicted molar refractivity (Wildman–Crippen MR) is 144 cm³/mol. The second kappa shape index (κ2) is 10.7. The van der Waals surface area contributed by atoms with Crippen LogP contribution in [0.2, 0.25) is 0 Å². The van der Waals surface area contributed by atoms with E-state index < -0.39 is 11.7 Å². The number of carbonyl (C=O) groups is 2. The molecule has 4 heterocycles. The van der Waals surface area contributed by atoms with Gasteiger partial charge in [0.25, 0.3) is 5.91 Å². The molecule has 3 amide bonds. The average Bonchev–Trinajstić information content (AvgIpc) is 3.67. The van der Waals surface area contributed by atoms with Crippen LogP contribution in [0.5, 0.6) is 0 Å². The fourth-order valence-corrected chi connectivity index (χ4v) is 4.56. The van der Waals surface area contributed by atoms with Crippen LogP contribution in [0.1, 0.15) is 48.1 Å². The van der Waals surface area contributed by atoms with E-state index in [1.54, 1.807) is 26.4 Å². The van der Waals surface area contributed by atoms with Crippen molar-refractivity contribution in [2.75, 3.05) is 32.1 Å². The van der Waals surface area contributed by atoms with E-state index in [0.29, 0.717) is 41.6 Å². The van der Waals surface area contributed by atoms with Crippen LogP contribution in [0.25, 0.3) is 22.2 Å². The quantitative estimate of drug-likeness (QED) is 0.330. The highest BCUT2D eigenvalue weighted by atomic mass is 19.1. The Bertz CT molecular complexity index is 1510. The first-order valence-corrected chi connectivity index (χ1v) is 12.8. The summed E-state index contributed by atoms with van der Waals surface area (Å²) < 4.78 is 20.5. The number of aromatic amines is 1. The molecule has 204 valence electrons. The molecule has 0 unspecified atom stereocenters. The van der Waals surface area contributed by atoms with Crippen LogP contribution in [-0.4, -0.2) is 70.2 Å². The summed E-state index contributed by atoms with van der Waals surface area (Å²) in [7, 11) is 3.41. The molecule has 1 fully saturated rings. The van der Waals surface area contributed by atoms with Gasteiger partial charge in [-0.15, -0.1) is 0 Å². The zero-order chi connectivity index (χ0) is 27.7. The third kappa shape index (κ3) is 5.40. The molecule has 0 radical (unpaired) electrons. The van der Waals surface area contributed by atoms with E-state index in [4.69, 9.17) is 4.42 Å². The number of rotatable bonds is 7. The average molecular weight is 535 g/mol. The van der Waals surface area contributed by atoms with Gasteiger partial charge < -0.3 is 24.9 Å². The molecular formula is C27H31FN8O3. The summed E-state index contributed by atoms with van der Waals surface area (Å²) in [6.07, 6.45) is 3.74. The number of fused-ring (bicyclic) bond motifs is 1. The van der Waals surface area contributed by atoms with E-state index in [9.17, 15) is 9.59 Å². The first kappa shape index (κ1) is 26.1. The van der Waals surface area contributed by atoms with Crippen LogP contribution in [0, 0.1) is 5.82 Å². The van der Waals surface area contributed by atoms with Crippen LogP contribution in [-0.2, 0) is 6.54 Å². The Kier molecular flexibility index (Phi) is 7.18. The molecule has 5 rings (SSSR count). The summed E-state index contributed by atoms with van der Waals surface area (Å²) in [5, 5.41) is 14.0. The number of pyridine rings is 1.